The summed E-state index contributed by atoms with van der Waals surface area (Å²) < 4.78 is 38.7. The third-order valence-electron chi connectivity index (χ3n) is 4.61. The molecule has 0 radical (unpaired) electrons. The fourth-order valence-corrected chi connectivity index (χ4v) is 4.44. The van der Waals surface area contributed by atoms with Crippen molar-refractivity contribution >= 4 is 15.9 Å². The first kappa shape index (κ1) is 20.3. The molecular weight excluding hydrogens is 382 g/mol. The zero-order valence-electron chi connectivity index (χ0n) is 16.7. The maximum absolute atomic E-state index is 13.2. The molecule has 0 fully saturated rings. The van der Waals surface area contributed by atoms with Crippen molar-refractivity contribution in [1.29, 1.82) is 0 Å². The summed E-state index contributed by atoms with van der Waals surface area (Å²) >= 11 is 0. The van der Waals surface area contributed by atoms with Crippen LogP contribution < -0.4 is 10.1 Å². The minimum absolute atomic E-state index is 0.0369. The Morgan fingerprint density at radius 2 is 2.04 bits per heavy atom. The minimum Gasteiger partial charge on any atom is -0.496 e. The fourth-order valence-electron chi connectivity index (χ4n) is 3.01. The average Bonchev–Trinajstić information content (AvgIpc) is 3.10. The van der Waals surface area contributed by atoms with E-state index >= 15 is 0 Å². The van der Waals surface area contributed by atoms with Crippen LogP contribution in [0.25, 0.3) is 0 Å². The molecule has 0 bridgehead atoms. The fraction of sp³-hybridized carbons (Fsp3) is 0.474. The largest absolute Gasteiger partial charge is 0.496 e. The Bertz CT molecular complexity index is 1010. The lowest BCUT2D eigenvalue weighted by molar-refractivity contribution is 0.0960. The molecular formula is C19H25N3O5S. The van der Waals surface area contributed by atoms with E-state index in [4.69, 9.17) is 9.15 Å². The molecule has 0 spiro atoms. The van der Waals surface area contributed by atoms with E-state index < -0.39 is 15.9 Å². The van der Waals surface area contributed by atoms with Gasteiger partial charge in [-0.15, -0.1) is 0 Å². The monoisotopic (exact) mass is 407 g/mol. The van der Waals surface area contributed by atoms with Crippen LogP contribution in [0.1, 0.15) is 48.5 Å². The number of oxazole rings is 1. The smallest absolute Gasteiger partial charge is 0.254 e. The number of benzene rings is 1. The van der Waals surface area contributed by atoms with Gasteiger partial charge in [0.1, 0.15) is 11.5 Å². The number of hydrogen-bond acceptors (Lipinski definition) is 6. The second-order valence-corrected chi connectivity index (χ2v) is 9.61. The number of rotatable bonds is 4. The number of carbonyl (C=O) groups is 1. The molecule has 28 heavy (non-hydrogen) atoms. The molecule has 0 aliphatic carbocycles. The Kier molecular flexibility index (Phi) is 5.24. The maximum atomic E-state index is 13.2. The predicted octanol–water partition coefficient (Wildman–Crippen LogP) is 2.09. The van der Waals surface area contributed by atoms with Gasteiger partial charge in [0.2, 0.25) is 10.0 Å². The van der Waals surface area contributed by atoms with Crippen molar-refractivity contribution in [3.8, 4) is 5.75 Å². The Morgan fingerprint density at radius 1 is 1.32 bits per heavy atom. The van der Waals surface area contributed by atoms with Crippen LogP contribution in [0.3, 0.4) is 0 Å². The summed E-state index contributed by atoms with van der Waals surface area (Å²) in [4.78, 5) is 16.6. The Balaban J connectivity index is 1.94. The number of hydrogen-bond donors (Lipinski definition) is 1. The molecule has 0 unspecified atom stereocenters. The molecule has 1 aromatic heterocycles. The van der Waals surface area contributed by atoms with Crippen molar-refractivity contribution in [2.24, 2.45) is 0 Å². The highest BCUT2D eigenvalue weighted by atomic mass is 32.2. The molecule has 9 heteroatoms. The van der Waals surface area contributed by atoms with E-state index in [1.807, 2.05) is 20.8 Å². The van der Waals surface area contributed by atoms with Crippen molar-refractivity contribution < 1.29 is 22.4 Å². The van der Waals surface area contributed by atoms with Crippen molar-refractivity contribution in [2.45, 2.75) is 44.0 Å². The highest BCUT2D eigenvalue weighted by Crippen LogP contribution is 2.31. The van der Waals surface area contributed by atoms with Gasteiger partial charge in [-0.2, -0.15) is 4.31 Å². The summed E-state index contributed by atoms with van der Waals surface area (Å²) in [7, 11) is -0.895. The van der Waals surface area contributed by atoms with Gasteiger partial charge in [0.05, 0.1) is 29.8 Å². The van der Waals surface area contributed by atoms with Crippen molar-refractivity contribution in [3.63, 3.8) is 0 Å². The van der Waals surface area contributed by atoms with Crippen LogP contribution in [0.4, 0.5) is 0 Å². The second kappa shape index (κ2) is 7.21. The number of ether oxygens (including phenoxy) is 1. The van der Waals surface area contributed by atoms with Crippen molar-refractivity contribution in [2.75, 3.05) is 20.7 Å². The van der Waals surface area contributed by atoms with Crippen LogP contribution in [0.5, 0.6) is 5.75 Å². The summed E-state index contributed by atoms with van der Waals surface area (Å²) in [5, 5.41) is 2.49. The average molecular weight is 407 g/mol. The second-order valence-electron chi connectivity index (χ2n) is 7.67. The van der Waals surface area contributed by atoms with Gasteiger partial charge >= 0.3 is 0 Å². The molecule has 1 aliphatic heterocycles. The number of carbonyl (C=O) groups excluding carboxylic acids is 1. The summed E-state index contributed by atoms with van der Waals surface area (Å²) in [5.41, 5.74) is 0.555. The van der Waals surface area contributed by atoms with Crippen LogP contribution >= 0.6 is 0 Å². The molecule has 0 saturated heterocycles. The molecule has 152 valence electrons. The van der Waals surface area contributed by atoms with Gasteiger partial charge in [-0.3, -0.25) is 4.79 Å². The standard InChI is InChI=1S/C19H25N3O5S/c1-19(2,3)18-21-14-11-22(9-8-16(14)27-18)28(24,25)12-6-7-15(26-5)13(10-12)17(23)20-4/h6-7,10H,8-9,11H2,1-5H3,(H,20,23). The molecule has 3 rings (SSSR count). The van der Waals surface area contributed by atoms with Crippen LogP contribution in [-0.4, -0.2) is 44.3 Å². The molecule has 1 aromatic carbocycles. The molecule has 1 amide bonds. The van der Waals surface area contributed by atoms with Gasteiger partial charge in [-0.1, -0.05) is 20.8 Å². The molecule has 2 aromatic rings. The molecule has 0 atom stereocenters. The Morgan fingerprint density at radius 3 is 2.64 bits per heavy atom. The quantitative estimate of drug-likeness (QED) is 0.833. The number of nitrogens with one attached hydrogen (secondary N) is 1. The number of aromatic nitrogens is 1. The van der Waals surface area contributed by atoms with Crippen LogP contribution in [0.2, 0.25) is 0 Å². The lowest BCUT2D eigenvalue weighted by atomic mass is 9.97. The SMILES string of the molecule is CNC(=O)c1cc(S(=O)(=O)N2CCc3oc(C(C)(C)C)nc3C2)ccc1OC. The van der Waals surface area contributed by atoms with E-state index in [1.165, 1.54) is 36.7 Å². The Hall–Kier alpha value is -2.39. The van der Waals surface area contributed by atoms with Crippen LogP contribution in [-0.2, 0) is 28.4 Å². The van der Waals surface area contributed by atoms with E-state index in [9.17, 15) is 13.2 Å². The van der Waals surface area contributed by atoms with Crippen molar-refractivity contribution in [3.05, 3.63) is 41.1 Å². The van der Waals surface area contributed by atoms with Gasteiger partial charge in [0, 0.05) is 25.4 Å². The zero-order valence-corrected chi connectivity index (χ0v) is 17.5. The molecule has 2 heterocycles. The summed E-state index contributed by atoms with van der Waals surface area (Å²) in [6, 6.07) is 4.27. The number of nitrogens with zero attached hydrogens (tertiary/aromatic N) is 2. The summed E-state index contributed by atoms with van der Waals surface area (Å²) in [5.74, 6) is 1.23. The first-order valence-corrected chi connectivity index (χ1v) is 10.4. The van der Waals surface area contributed by atoms with E-state index in [0.717, 1.165) is 5.76 Å². The van der Waals surface area contributed by atoms with E-state index in [-0.39, 0.29) is 29.0 Å². The van der Waals surface area contributed by atoms with E-state index in [1.54, 1.807) is 0 Å². The van der Waals surface area contributed by atoms with Gasteiger partial charge in [-0.25, -0.2) is 13.4 Å². The number of sulfonamides is 1. The number of methoxy groups -OCH3 is 1. The van der Waals surface area contributed by atoms with E-state index in [2.05, 4.69) is 10.3 Å². The number of fused-ring (bicyclic) bond motifs is 1. The van der Waals surface area contributed by atoms with Gasteiger partial charge < -0.3 is 14.5 Å². The highest BCUT2D eigenvalue weighted by molar-refractivity contribution is 7.89. The number of amides is 1. The maximum Gasteiger partial charge on any atom is 0.254 e. The van der Waals surface area contributed by atoms with E-state index in [0.29, 0.717) is 23.8 Å². The first-order chi connectivity index (χ1) is 13.1. The molecule has 0 saturated carbocycles. The molecule has 1 N–H and O–H groups in total. The topological polar surface area (TPSA) is 102 Å². The van der Waals surface area contributed by atoms with Gasteiger partial charge in [-0.05, 0) is 18.2 Å². The van der Waals surface area contributed by atoms with Crippen LogP contribution in [0, 0.1) is 0 Å². The third-order valence-corrected chi connectivity index (χ3v) is 6.46. The Labute approximate surface area is 164 Å². The lowest BCUT2D eigenvalue weighted by Crippen LogP contribution is -2.36. The highest BCUT2D eigenvalue weighted by Gasteiger charge is 2.33. The lowest BCUT2D eigenvalue weighted by Gasteiger charge is -2.25. The molecule has 8 nitrogen and oxygen atoms in total. The third kappa shape index (κ3) is 3.64. The minimum atomic E-state index is -3.80. The summed E-state index contributed by atoms with van der Waals surface area (Å²) in [6.45, 7) is 6.41. The first-order valence-electron chi connectivity index (χ1n) is 8.97. The normalized spacial score (nSPS) is 15.2. The van der Waals surface area contributed by atoms with Crippen molar-refractivity contribution in [1.82, 2.24) is 14.6 Å². The van der Waals surface area contributed by atoms with Gasteiger partial charge in [0.15, 0.2) is 5.89 Å². The summed E-state index contributed by atoms with van der Waals surface area (Å²) in [6.07, 6.45) is 0.454. The zero-order chi connectivity index (χ0) is 20.7. The van der Waals surface area contributed by atoms with Crippen LogP contribution in [0.15, 0.2) is 27.5 Å². The molecule has 1 aliphatic rings. The predicted molar refractivity (Wildman–Crippen MR) is 103 cm³/mol. The van der Waals surface area contributed by atoms with Gasteiger partial charge in [0.25, 0.3) is 5.91 Å².